The van der Waals surface area contributed by atoms with Crippen molar-refractivity contribution in [1.29, 1.82) is 0 Å². The molecule has 0 spiro atoms. The van der Waals surface area contributed by atoms with Crippen molar-refractivity contribution in [2.24, 2.45) is 5.92 Å². The molecule has 1 aliphatic rings. The van der Waals surface area contributed by atoms with Gasteiger partial charge in [-0.25, -0.2) is 0 Å². The van der Waals surface area contributed by atoms with E-state index in [1.807, 2.05) is 0 Å². The molecular formula is C11H23N. The van der Waals surface area contributed by atoms with Gasteiger partial charge in [-0.15, -0.1) is 0 Å². The van der Waals surface area contributed by atoms with Crippen LogP contribution in [-0.4, -0.2) is 25.0 Å². The number of rotatable bonds is 3. The largest absolute Gasteiger partial charge is 0.306 e. The summed E-state index contributed by atoms with van der Waals surface area (Å²) in [5, 5.41) is 0. The average molecular weight is 169 g/mol. The maximum Gasteiger partial charge on any atom is 0.00918 e. The van der Waals surface area contributed by atoms with Crippen LogP contribution in [-0.2, 0) is 0 Å². The summed E-state index contributed by atoms with van der Waals surface area (Å²) in [4.78, 5) is 2.40. The zero-order valence-corrected chi connectivity index (χ0v) is 8.84. The van der Waals surface area contributed by atoms with E-state index in [2.05, 4.69) is 25.9 Å². The van der Waals surface area contributed by atoms with Crippen LogP contribution in [0.4, 0.5) is 0 Å². The lowest BCUT2D eigenvalue weighted by Crippen LogP contribution is -2.33. The minimum absolute atomic E-state index is 0.871. The van der Waals surface area contributed by atoms with E-state index in [1.165, 1.54) is 38.5 Å². The maximum atomic E-state index is 2.40. The molecule has 2 unspecified atom stereocenters. The van der Waals surface area contributed by atoms with Gasteiger partial charge in [-0.3, -0.25) is 0 Å². The van der Waals surface area contributed by atoms with Gasteiger partial charge in [0.05, 0.1) is 0 Å². The second kappa shape index (κ2) is 4.86. The van der Waals surface area contributed by atoms with Gasteiger partial charge in [0.25, 0.3) is 0 Å². The Balaban J connectivity index is 2.30. The molecule has 0 heterocycles. The highest BCUT2D eigenvalue weighted by Crippen LogP contribution is 2.29. The Labute approximate surface area is 77.1 Å². The van der Waals surface area contributed by atoms with Gasteiger partial charge < -0.3 is 4.90 Å². The predicted molar refractivity (Wildman–Crippen MR) is 54.3 cm³/mol. The third-order valence-corrected chi connectivity index (χ3v) is 3.18. The highest BCUT2D eigenvalue weighted by Gasteiger charge is 2.22. The molecule has 2 atom stereocenters. The lowest BCUT2D eigenvalue weighted by molar-refractivity contribution is 0.179. The van der Waals surface area contributed by atoms with Crippen LogP contribution in [0.3, 0.4) is 0 Å². The van der Waals surface area contributed by atoms with Crippen molar-refractivity contribution in [3.05, 3.63) is 0 Å². The van der Waals surface area contributed by atoms with E-state index in [-0.39, 0.29) is 0 Å². The van der Waals surface area contributed by atoms with Crippen molar-refractivity contribution >= 4 is 0 Å². The normalized spacial score (nSPS) is 31.0. The lowest BCUT2D eigenvalue weighted by Gasteiger charge is -2.33. The minimum atomic E-state index is 0.871. The molecule has 1 aliphatic carbocycles. The van der Waals surface area contributed by atoms with Gasteiger partial charge in [-0.05, 0) is 32.9 Å². The first kappa shape index (κ1) is 10.0. The quantitative estimate of drug-likeness (QED) is 0.628. The third-order valence-electron chi connectivity index (χ3n) is 3.18. The number of nitrogens with zero attached hydrogens (tertiary/aromatic N) is 1. The van der Waals surface area contributed by atoms with Crippen molar-refractivity contribution in [3.63, 3.8) is 0 Å². The SMILES string of the molecule is CCCC1CCCC(N(C)C)C1. The number of hydrogen-bond acceptors (Lipinski definition) is 1. The summed E-state index contributed by atoms with van der Waals surface area (Å²) in [5.41, 5.74) is 0. The van der Waals surface area contributed by atoms with E-state index < -0.39 is 0 Å². The fourth-order valence-electron chi connectivity index (χ4n) is 2.40. The van der Waals surface area contributed by atoms with Crippen molar-refractivity contribution in [2.75, 3.05) is 14.1 Å². The average Bonchev–Trinajstić information content (AvgIpc) is 2.05. The van der Waals surface area contributed by atoms with Gasteiger partial charge >= 0.3 is 0 Å². The molecule has 0 bridgehead atoms. The van der Waals surface area contributed by atoms with Crippen LogP contribution < -0.4 is 0 Å². The summed E-state index contributed by atoms with van der Waals surface area (Å²) >= 11 is 0. The molecule has 0 saturated heterocycles. The van der Waals surface area contributed by atoms with Crippen molar-refractivity contribution < 1.29 is 0 Å². The van der Waals surface area contributed by atoms with E-state index in [1.54, 1.807) is 0 Å². The molecule has 0 aromatic carbocycles. The monoisotopic (exact) mass is 169 g/mol. The topological polar surface area (TPSA) is 3.24 Å². The van der Waals surface area contributed by atoms with E-state index in [0.29, 0.717) is 0 Å². The summed E-state index contributed by atoms with van der Waals surface area (Å²) < 4.78 is 0. The molecule has 1 rings (SSSR count). The Bertz CT molecular complexity index is 118. The molecule has 0 aromatic rings. The van der Waals surface area contributed by atoms with Gasteiger partial charge in [0.1, 0.15) is 0 Å². The molecule has 1 heteroatoms. The van der Waals surface area contributed by atoms with Crippen LogP contribution in [0.5, 0.6) is 0 Å². The highest BCUT2D eigenvalue weighted by molar-refractivity contribution is 4.77. The molecule has 0 radical (unpaired) electrons. The zero-order chi connectivity index (χ0) is 8.97. The summed E-state index contributed by atoms with van der Waals surface area (Å²) in [6.07, 6.45) is 8.62. The van der Waals surface area contributed by atoms with Gasteiger partial charge in [0.2, 0.25) is 0 Å². The van der Waals surface area contributed by atoms with Crippen LogP contribution in [0.25, 0.3) is 0 Å². The van der Waals surface area contributed by atoms with Crippen molar-refractivity contribution in [1.82, 2.24) is 4.90 Å². The Kier molecular flexibility index (Phi) is 4.07. The van der Waals surface area contributed by atoms with Crippen LogP contribution in [0.2, 0.25) is 0 Å². The molecule has 1 saturated carbocycles. The second-order valence-electron chi connectivity index (χ2n) is 4.44. The second-order valence-corrected chi connectivity index (χ2v) is 4.44. The van der Waals surface area contributed by atoms with E-state index in [4.69, 9.17) is 0 Å². The van der Waals surface area contributed by atoms with Crippen LogP contribution in [0, 0.1) is 5.92 Å². The smallest absolute Gasteiger partial charge is 0.00918 e. The highest BCUT2D eigenvalue weighted by atomic mass is 15.1. The summed E-state index contributed by atoms with van der Waals surface area (Å²) in [7, 11) is 4.44. The van der Waals surface area contributed by atoms with Gasteiger partial charge in [-0.2, -0.15) is 0 Å². The van der Waals surface area contributed by atoms with Gasteiger partial charge in [0, 0.05) is 6.04 Å². The van der Waals surface area contributed by atoms with E-state index >= 15 is 0 Å². The van der Waals surface area contributed by atoms with Gasteiger partial charge in [-0.1, -0.05) is 32.6 Å². The van der Waals surface area contributed by atoms with Crippen LogP contribution >= 0.6 is 0 Å². The minimum Gasteiger partial charge on any atom is -0.306 e. The molecule has 0 aromatic heterocycles. The molecule has 0 N–H and O–H groups in total. The third kappa shape index (κ3) is 2.78. The lowest BCUT2D eigenvalue weighted by atomic mass is 9.83. The first-order valence-electron chi connectivity index (χ1n) is 5.40. The fraction of sp³-hybridized carbons (Fsp3) is 1.00. The maximum absolute atomic E-state index is 2.40. The molecule has 1 fully saturated rings. The Morgan fingerprint density at radius 2 is 2.00 bits per heavy atom. The van der Waals surface area contributed by atoms with Crippen LogP contribution in [0.1, 0.15) is 45.4 Å². The Morgan fingerprint density at radius 3 is 2.58 bits per heavy atom. The zero-order valence-electron chi connectivity index (χ0n) is 8.84. The summed E-state index contributed by atoms with van der Waals surface area (Å²) in [6.45, 7) is 2.30. The molecule has 12 heavy (non-hydrogen) atoms. The Hall–Kier alpha value is -0.0400. The van der Waals surface area contributed by atoms with Crippen molar-refractivity contribution in [3.8, 4) is 0 Å². The van der Waals surface area contributed by atoms with E-state index in [0.717, 1.165) is 12.0 Å². The molecule has 1 nitrogen and oxygen atoms in total. The number of hydrogen-bond donors (Lipinski definition) is 0. The van der Waals surface area contributed by atoms with Gasteiger partial charge in [0.15, 0.2) is 0 Å². The summed E-state index contributed by atoms with van der Waals surface area (Å²) in [6, 6.07) is 0.871. The summed E-state index contributed by atoms with van der Waals surface area (Å²) in [5.74, 6) is 1.02. The molecule has 0 aliphatic heterocycles. The van der Waals surface area contributed by atoms with Crippen LogP contribution in [0.15, 0.2) is 0 Å². The fourth-order valence-corrected chi connectivity index (χ4v) is 2.40. The molecular weight excluding hydrogens is 146 g/mol. The predicted octanol–water partition coefficient (Wildman–Crippen LogP) is 2.91. The first-order chi connectivity index (χ1) is 5.74. The first-order valence-corrected chi connectivity index (χ1v) is 5.40. The Morgan fingerprint density at radius 1 is 1.25 bits per heavy atom. The van der Waals surface area contributed by atoms with Crippen molar-refractivity contribution in [2.45, 2.75) is 51.5 Å². The molecule has 72 valence electrons. The van der Waals surface area contributed by atoms with E-state index in [9.17, 15) is 0 Å². The standard InChI is InChI=1S/C11H23N/c1-4-6-10-7-5-8-11(9-10)12(2)3/h10-11H,4-9H2,1-3H3. The molecule has 0 amide bonds.